The average Bonchev–Trinajstić information content (AvgIpc) is 2.68. The molecule has 0 bridgehead atoms. The molecule has 0 heterocycles. The van der Waals surface area contributed by atoms with Crippen LogP contribution in [0.25, 0.3) is 0 Å². The van der Waals surface area contributed by atoms with Crippen LogP contribution in [0.1, 0.15) is 25.5 Å². The number of sulfonamides is 1. The lowest BCUT2D eigenvalue weighted by Crippen LogP contribution is -2.48. The molecule has 0 aliphatic rings. The number of hydrogen-bond acceptors (Lipinski definition) is 5. The molecule has 0 saturated carbocycles. The topological polar surface area (TPSA) is 84.9 Å². The summed E-state index contributed by atoms with van der Waals surface area (Å²) in [6, 6.07) is 8.21. The number of nitrogens with one attached hydrogen (secondary N) is 1. The Morgan fingerprint density at radius 3 is 2.23 bits per heavy atom. The standard InChI is InChI=1S/C20H24Cl2N2O5S/c1-12(14-6-9-18(28-3)19(10-14)29-4)23-20(25)13(2)24(30(5,26)27)17-11-15(21)7-8-16(17)22/h6-13H,1-5H3,(H,23,25)/t12-,13-/m1/s1. The van der Waals surface area contributed by atoms with E-state index in [1.807, 2.05) is 0 Å². The van der Waals surface area contributed by atoms with Crippen LogP contribution in [-0.4, -0.2) is 40.8 Å². The van der Waals surface area contributed by atoms with Crippen LogP contribution in [0.4, 0.5) is 5.69 Å². The number of carbonyl (C=O) groups excluding carboxylic acids is 1. The minimum absolute atomic E-state index is 0.132. The third-order valence-electron chi connectivity index (χ3n) is 4.50. The Bertz CT molecular complexity index is 1030. The van der Waals surface area contributed by atoms with Gasteiger partial charge in [0, 0.05) is 5.02 Å². The average molecular weight is 475 g/mol. The van der Waals surface area contributed by atoms with E-state index in [2.05, 4.69) is 5.32 Å². The number of ether oxygens (including phenoxy) is 2. The molecule has 0 unspecified atom stereocenters. The molecule has 2 atom stereocenters. The maximum absolute atomic E-state index is 12.9. The van der Waals surface area contributed by atoms with Crippen LogP contribution in [0.3, 0.4) is 0 Å². The van der Waals surface area contributed by atoms with E-state index in [-0.39, 0.29) is 10.7 Å². The molecule has 0 radical (unpaired) electrons. The minimum atomic E-state index is -3.83. The van der Waals surface area contributed by atoms with Gasteiger partial charge in [-0.1, -0.05) is 29.3 Å². The highest BCUT2D eigenvalue weighted by atomic mass is 35.5. The first-order valence-corrected chi connectivity index (χ1v) is 11.6. The monoisotopic (exact) mass is 474 g/mol. The van der Waals surface area contributed by atoms with E-state index in [4.69, 9.17) is 32.7 Å². The molecule has 10 heteroatoms. The number of amides is 1. The Hall–Kier alpha value is -2.16. The van der Waals surface area contributed by atoms with Gasteiger partial charge in [0.1, 0.15) is 6.04 Å². The van der Waals surface area contributed by atoms with Crippen LogP contribution < -0.4 is 19.1 Å². The van der Waals surface area contributed by atoms with E-state index in [1.165, 1.54) is 39.3 Å². The van der Waals surface area contributed by atoms with Gasteiger partial charge >= 0.3 is 0 Å². The van der Waals surface area contributed by atoms with Gasteiger partial charge in [-0.2, -0.15) is 0 Å². The fourth-order valence-corrected chi connectivity index (χ4v) is 4.58. The van der Waals surface area contributed by atoms with Crippen molar-refractivity contribution in [2.75, 3.05) is 24.8 Å². The van der Waals surface area contributed by atoms with Crippen LogP contribution in [0, 0.1) is 0 Å². The van der Waals surface area contributed by atoms with Crippen molar-refractivity contribution in [1.82, 2.24) is 5.32 Å². The molecular weight excluding hydrogens is 451 g/mol. The number of nitrogens with zero attached hydrogens (tertiary/aromatic N) is 1. The van der Waals surface area contributed by atoms with Gasteiger partial charge in [0.15, 0.2) is 11.5 Å². The Balaban J connectivity index is 2.30. The van der Waals surface area contributed by atoms with E-state index in [1.54, 1.807) is 25.1 Å². The molecule has 2 aromatic carbocycles. The van der Waals surface area contributed by atoms with Crippen molar-refractivity contribution in [3.8, 4) is 11.5 Å². The van der Waals surface area contributed by atoms with Crippen LogP contribution in [-0.2, 0) is 14.8 Å². The van der Waals surface area contributed by atoms with Crippen LogP contribution in [0.2, 0.25) is 10.0 Å². The van der Waals surface area contributed by atoms with Gasteiger partial charge in [-0.3, -0.25) is 9.10 Å². The molecule has 0 fully saturated rings. The van der Waals surface area contributed by atoms with Crippen molar-refractivity contribution in [2.45, 2.75) is 25.9 Å². The van der Waals surface area contributed by atoms with E-state index in [0.29, 0.717) is 16.5 Å². The lowest BCUT2D eigenvalue weighted by molar-refractivity contribution is -0.122. The molecule has 0 aliphatic carbocycles. The lowest BCUT2D eigenvalue weighted by atomic mass is 10.1. The Morgan fingerprint density at radius 1 is 1.03 bits per heavy atom. The molecule has 0 aliphatic heterocycles. The zero-order valence-corrected chi connectivity index (χ0v) is 19.6. The molecule has 0 saturated heterocycles. The molecule has 1 amide bonds. The largest absolute Gasteiger partial charge is 0.493 e. The second kappa shape index (κ2) is 9.76. The highest BCUT2D eigenvalue weighted by Gasteiger charge is 2.31. The third kappa shape index (κ3) is 5.50. The molecule has 0 aromatic heterocycles. The van der Waals surface area contributed by atoms with Gasteiger partial charge in [0.2, 0.25) is 15.9 Å². The Morgan fingerprint density at radius 2 is 1.67 bits per heavy atom. The molecule has 1 N–H and O–H groups in total. The number of benzene rings is 2. The number of methoxy groups -OCH3 is 2. The second-order valence-corrected chi connectivity index (χ2v) is 9.38. The first kappa shape index (κ1) is 24.1. The molecule has 2 rings (SSSR count). The summed E-state index contributed by atoms with van der Waals surface area (Å²) in [5, 5.41) is 3.29. The van der Waals surface area contributed by atoms with E-state index in [9.17, 15) is 13.2 Å². The third-order valence-corrected chi connectivity index (χ3v) is 6.28. The molecule has 0 spiro atoms. The zero-order valence-electron chi connectivity index (χ0n) is 17.3. The Kier molecular flexibility index (Phi) is 7.85. The van der Waals surface area contributed by atoms with Crippen molar-refractivity contribution >= 4 is 44.8 Å². The van der Waals surface area contributed by atoms with Gasteiger partial charge in [0.05, 0.1) is 37.2 Å². The SMILES string of the molecule is COc1ccc([C@@H](C)NC(=O)[C@@H](C)N(c2cc(Cl)ccc2Cl)S(C)(=O)=O)cc1OC. The summed E-state index contributed by atoms with van der Waals surface area (Å²) >= 11 is 12.2. The maximum atomic E-state index is 12.9. The van der Waals surface area contributed by atoms with Crippen molar-refractivity contribution < 1.29 is 22.7 Å². The highest BCUT2D eigenvalue weighted by molar-refractivity contribution is 7.92. The van der Waals surface area contributed by atoms with E-state index in [0.717, 1.165) is 16.1 Å². The fraction of sp³-hybridized carbons (Fsp3) is 0.350. The fourth-order valence-electron chi connectivity index (χ4n) is 2.98. The van der Waals surface area contributed by atoms with Crippen molar-refractivity contribution in [2.24, 2.45) is 0 Å². The summed E-state index contributed by atoms with van der Waals surface area (Å²) in [6.07, 6.45) is 1.01. The van der Waals surface area contributed by atoms with E-state index < -0.39 is 28.0 Å². The normalized spacial score (nSPS) is 13.3. The van der Waals surface area contributed by atoms with Crippen LogP contribution in [0.15, 0.2) is 36.4 Å². The summed E-state index contributed by atoms with van der Waals surface area (Å²) in [7, 11) is -0.776. The highest BCUT2D eigenvalue weighted by Crippen LogP contribution is 2.33. The number of rotatable bonds is 8. The van der Waals surface area contributed by atoms with Crippen molar-refractivity contribution in [3.05, 3.63) is 52.0 Å². The summed E-state index contributed by atoms with van der Waals surface area (Å²) in [5.74, 6) is 0.582. The number of hydrogen-bond donors (Lipinski definition) is 1. The summed E-state index contributed by atoms with van der Waals surface area (Å²) in [5.41, 5.74) is 0.896. The molecule has 7 nitrogen and oxygen atoms in total. The molecule has 164 valence electrons. The minimum Gasteiger partial charge on any atom is -0.493 e. The van der Waals surface area contributed by atoms with Gasteiger partial charge in [-0.05, 0) is 49.7 Å². The number of carbonyl (C=O) groups is 1. The molecule has 2 aromatic rings. The maximum Gasteiger partial charge on any atom is 0.244 e. The van der Waals surface area contributed by atoms with Gasteiger partial charge in [0.25, 0.3) is 0 Å². The first-order valence-electron chi connectivity index (χ1n) is 8.96. The lowest BCUT2D eigenvalue weighted by Gasteiger charge is -2.30. The summed E-state index contributed by atoms with van der Waals surface area (Å²) < 4.78 is 36.4. The van der Waals surface area contributed by atoms with Crippen LogP contribution in [0.5, 0.6) is 11.5 Å². The predicted molar refractivity (Wildman–Crippen MR) is 119 cm³/mol. The molecule has 30 heavy (non-hydrogen) atoms. The molecular formula is C20H24Cl2N2O5S. The van der Waals surface area contributed by atoms with Gasteiger partial charge in [-0.15, -0.1) is 0 Å². The van der Waals surface area contributed by atoms with Crippen molar-refractivity contribution in [1.29, 1.82) is 0 Å². The van der Waals surface area contributed by atoms with Gasteiger partial charge in [-0.25, -0.2) is 8.42 Å². The Labute approximate surface area is 186 Å². The second-order valence-electron chi connectivity index (χ2n) is 6.68. The smallest absolute Gasteiger partial charge is 0.244 e. The zero-order chi connectivity index (χ0) is 22.6. The van der Waals surface area contributed by atoms with Crippen LogP contribution >= 0.6 is 23.2 Å². The summed E-state index contributed by atoms with van der Waals surface area (Å²) in [4.78, 5) is 12.9. The summed E-state index contributed by atoms with van der Waals surface area (Å²) in [6.45, 7) is 3.26. The first-order chi connectivity index (χ1) is 14.0. The van der Waals surface area contributed by atoms with Crippen molar-refractivity contribution in [3.63, 3.8) is 0 Å². The van der Waals surface area contributed by atoms with Gasteiger partial charge < -0.3 is 14.8 Å². The number of halogens is 2. The van der Waals surface area contributed by atoms with E-state index >= 15 is 0 Å². The quantitative estimate of drug-likeness (QED) is 0.623. The number of anilines is 1. The predicted octanol–water partition coefficient (Wildman–Crippen LogP) is 4.04.